The van der Waals surface area contributed by atoms with Crippen molar-refractivity contribution in [1.82, 2.24) is 0 Å². The third-order valence-corrected chi connectivity index (χ3v) is 3.74. The molecule has 0 aliphatic carbocycles. The van der Waals surface area contributed by atoms with Crippen LogP contribution >= 0.6 is 0 Å². The molecule has 0 heterocycles. The molecule has 0 aliphatic rings. The predicted molar refractivity (Wildman–Crippen MR) is 95.9 cm³/mol. The first-order valence-corrected chi connectivity index (χ1v) is 7.53. The lowest BCUT2D eigenvalue weighted by Gasteiger charge is -2.03. The second-order valence-corrected chi connectivity index (χ2v) is 5.40. The van der Waals surface area contributed by atoms with Gasteiger partial charge in [0.2, 0.25) is 0 Å². The number of carbonyl (C=O) groups is 1. The molecular weight excluding hydrogens is 300 g/mol. The van der Waals surface area contributed by atoms with Gasteiger partial charge in [-0.3, -0.25) is 0 Å². The number of carboxylic acid groups (broad SMARTS) is 1. The summed E-state index contributed by atoms with van der Waals surface area (Å²) in [6.07, 6.45) is 3.73. The molecule has 0 aromatic heterocycles. The van der Waals surface area contributed by atoms with Gasteiger partial charge in [-0.05, 0) is 34.4 Å². The molecule has 0 saturated carbocycles. The van der Waals surface area contributed by atoms with Crippen LogP contribution in [-0.4, -0.2) is 16.2 Å². The van der Waals surface area contributed by atoms with Crippen molar-refractivity contribution in [3.63, 3.8) is 0 Å². The van der Waals surface area contributed by atoms with Gasteiger partial charge in [-0.1, -0.05) is 72.8 Å². The average Bonchev–Trinajstić information content (AvgIpc) is 2.62. The maximum absolute atomic E-state index is 11.0. The molecule has 3 aromatic carbocycles. The second-order valence-electron chi connectivity index (χ2n) is 5.40. The van der Waals surface area contributed by atoms with E-state index >= 15 is 0 Å². The van der Waals surface area contributed by atoms with Gasteiger partial charge >= 0.3 is 5.97 Å². The molecule has 0 saturated heterocycles. The minimum atomic E-state index is -1.14. The number of aromatic carboxylic acids is 1. The van der Waals surface area contributed by atoms with Crippen molar-refractivity contribution in [3.05, 3.63) is 89.5 Å². The topological polar surface area (TPSA) is 57.5 Å². The summed E-state index contributed by atoms with van der Waals surface area (Å²) in [6.45, 7) is 0. The van der Waals surface area contributed by atoms with Gasteiger partial charge in [0.25, 0.3) is 0 Å². The Balaban J connectivity index is 1.80. The summed E-state index contributed by atoms with van der Waals surface area (Å²) in [6, 6.07) is 22.8. The summed E-state index contributed by atoms with van der Waals surface area (Å²) < 4.78 is 0. The largest absolute Gasteiger partial charge is 0.507 e. The first-order valence-electron chi connectivity index (χ1n) is 7.53. The van der Waals surface area contributed by atoms with E-state index in [9.17, 15) is 9.90 Å². The number of hydrogen-bond acceptors (Lipinski definition) is 2. The molecule has 3 aromatic rings. The average molecular weight is 316 g/mol. The van der Waals surface area contributed by atoms with E-state index in [2.05, 4.69) is 24.3 Å². The Morgan fingerprint density at radius 1 is 0.750 bits per heavy atom. The Labute approximate surface area is 140 Å². The Bertz CT molecular complexity index is 879. The first kappa shape index (κ1) is 15.6. The highest BCUT2D eigenvalue weighted by Crippen LogP contribution is 2.22. The van der Waals surface area contributed by atoms with Crippen molar-refractivity contribution in [2.24, 2.45) is 0 Å². The van der Waals surface area contributed by atoms with E-state index in [4.69, 9.17) is 5.11 Å². The van der Waals surface area contributed by atoms with E-state index in [0.29, 0.717) is 0 Å². The maximum Gasteiger partial charge on any atom is 0.339 e. The van der Waals surface area contributed by atoms with Crippen LogP contribution in [0.5, 0.6) is 5.75 Å². The molecule has 3 heteroatoms. The number of benzene rings is 3. The third kappa shape index (κ3) is 3.52. The molecule has 0 spiro atoms. The summed E-state index contributed by atoms with van der Waals surface area (Å²) in [5, 5.41) is 18.6. The molecule has 2 N–H and O–H groups in total. The zero-order valence-corrected chi connectivity index (χ0v) is 12.9. The summed E-state index contributed by atoms with van der Waals surface area (Å²) in [4.78, 5) is 11.0. The molecular formula is C21H16O3. The first-order chi connectivity index (χ1) is 11.6. The molecule has 0 bridgehead atoms. The van der Waals surface area contributed by atoms with Crippen molar-refractivity contribution >= 4 is 18.1 Å². The Morgan fingerprint density at radius 2 is 1.33 bits per heavy atom. The SMILES string of the molecule is O=C(O)c1cc(/C=C/c2ccc(-c3ccccc3)cc2)ccc1O. The Kier molecular flexibility index (Phi) is 4.43. The number of aromatic hydroxyl groups is 1. The molecule has 0 unspecified atom stereocenters. The fourth-order valence-electron chi connectivity index (χ4n) is 2.44. The van der Waals surface area contributed by atoms with Crippen molar-refractivity contribution in [1.29, 1.82) is 0 Å². The van der Waals surface area contributed by atoms with Crippen LogP contribution in [0.1, 0.15) is 21.5 Å². The third-order valence-electron chi connectivity index (χ3n) is 3.74. The zero-order valence-electron chi connectivity index (χ0n) is 12.9. The van der Waals surface area contributed by atoms with Gasteiger partial charge in [-0.15, -0.1) is 0 Å². The van der Waals surface area contributed by atoms with Crippen molar-refractivity contribution in [3.8, 4) is 16.9 Å². The van der Waals surface area contributed by atoms with Crippen molar-refractivity contribution in [2.75, 3.05) is 0 Å². The van der Waals surface area contributed by atoms with E-state index in [-0.39, 0.29) is 11.3 Å². The van der Waals surface area contributed by atoms with Crippen LogP contribution in [-0.2, 0) is 0 Å². The minimum absolute atomic E-state index is 0.100. The molecule has 0 fully saturated rings. The maximum atomic E-state index is 11.0. The second kappa shape index (κ2) is 6.84. The van der Waals surface area contributed by atoms with E-state index < -0.39 is 5.97 Å². The Morgan fingerprint density at radius 3 is 2.00 bits per heavy atom. The zero-order chi connectivity index (χ0) is 16.9. The quantitative estimate of drug-likeness (QED) is 0.671. The Hall–Kier alpha value is -3.33. The predicted octanol–water partition coefficient (Wildman–Crippen LogP) is 4.93. The van der Waals surface area contributed by atoms with Crippen LogP contribution in [0.25, 0.3) is 23.3 Å². The molecule has 0 atom stereocenters. The highest BCUT2D eigenvalue weighted by molar-refractivity contribution is 5.91. The number of phenols is 1. The van der Waals surface area contributed by atoms with Crippen LogP contribution in [0.4, 0.5) is 0 Å². The normalized spacial score (nSPS) is 10.8. The fraction of sp³-hybridized carbons (Fsp3) is 0. The lowest BCUT2D eigenvalue weighted by atomic mass is 10.0. The standard InChI is InChI=1S/C21H16O3/c22-20-13-10-16(14-19(20)21(23)24)7-6-15-8-11-18(12-9-15)17-4-2-1-3-5-17/h1-14,22H,(H,23,24)/b7-6+. The van der Waals surface area contributed by atoms with Crippen LogP contribution in [0, 0.1) is 0 Å². The van der Waals surface area contributed by atoms with E-state index in [1.807, 2.05) is 42.5 Å². The highest BCUT2D eigenvalue weighted by Gasteiger charge is 2.08. The van der Waals surface area contributed by atoms with Gasteiger partial charge in [0.15, 0.2) is 0 Å². The molecule has 0 aliphatic heterocycles. The van der Waals surface area contributed by atoms with E-state index in [0.717, 1.165) is 22.3 Å². The monoisotopic (exact) mass is 316 g/mol. The molecule has 0 radical (unpaired) electrons. The molecule has 24 heavy (non-hydrogen) atoms. The lowest BCUT2D eigenvalue weighted by molar-refractivity contribution is 0.0693. The van der Waals surface area contributed by atoms with Gasteiger partial charge in [-0.2, -0.15) is 0 Å². The van der Waals surface area contributed by atoms with Gasteiger partial charge in [-0.25, -0.2) is 4.79 Å². The molecule has 3 rings (SSSR count). The molecule has 118 valence electrons. The summed E-state index contributed by atoms with van der Waals surface area (Å²) >= 11 is 0. The van der Waals surface area contributed by atoms with Gasteiger partial charge in [0.05, 0.1) is 0 Å². The van der Waals surface area contributed by atoms with E-state index in [1.54, 1.807) is 6.07 Å². The summed E-state index contributed by atoms with van der Waals surface area (Å²) in [5.41, 5.74) is 3.94. The number of hydrogen-bond donors (Lipinski definition) is 2. The smallest absolute Gasteiger partial charge is 0.339 e. The van der Waals surface area contributed by atoms with Gasteiger partial charge in [0.1, 0.15) is 11.3 Å². The highest BCUT2D eigenvalue weighted by atomic mass is 16.4. The number of carboxylic acids is 1. The van der Waals surface area contributed by atoms with Crippen LogP contribution in [0.15, 0.2) is 72.8 Å². The van der Waals surface area contributed by atoms with Gasteiger partial charge < -0.3 is 10.2 Å². The van der Waals surface area contributed by atoms with Crippen molar-refractivity contribution in [2.45, 2.75) is 0 Å². The van der Waals surface area contributed by atoms with Crippen LogP contribution in [0.2, 0.25) is 0 Å². The molecule has 3 nitrogen and oxygen atoms in total. The molecule has 0 amide bonds. The van der Waals surface area contributed by atoms with Gasteiger partial charge in [0, 0.05) is 0 Å². The van der Waals surface area contributed by atoms with E-state index in [1.165, 1.54) is 12.1 Å². The van der Waals surface area contributed by atoms with Crippen LogP contribution in [0.3, 0.4) is 0 Å². The van der Waals surface area contributed by atoms with Crippen molar-refractivity contribution < 1.29 is 15.0 Å². The fourth-order valence-corrected chi connectivity index (χ4v) is 2.44. The summed E-state index contributed by atoms with van der Waals surface area (Å²) in [7, 11) is 0. The minimum Gasteiger partial charge on any atom is -0.507 e. The van der Waals surface area contributed by atoms with Crippen LogP contribution < -0.4 is 0 Å². The lowest BCUT2D eigenvalue weighted by Crippen LogP contribution is -1.96. The number of rotatable bonds is 4. The summed E-state index contributed by atoms with van der Waals surface area (Å²) in [5.74, 6) is -1.37.